The molecular formula is C21H21N3O2. The van der Waals surface area contributed by atoms with Gasteiger partial charge in [-0.1, -0.05) is 42.5 Å². The standard InChI is InChI=1S/C21H21N3O2/c1-24-21-19(14-22-24)18(13-20(25)23-21)16-7-9-17(10-8-16)26-12-11-15-5-3-2-4-6-15/h2-10,14,18H,11-13H2,1H3,(H,23,25)/t18-/m1/s1. The number of nitrogens with zero attached hydrogens (tertiary/aromatic N) is 2. The second-order valence-electron chi connectivity index (χ2n) is 6.53. The molecule has 2 heterocycles. The number of anilines is 1. The van der Waals surface area contributed by atoms with E-state index in [-0.39, 0.29) is 11.8 Å². The lowest BCUT2D eigenvalue weighted by Crippen LogP contribution is -2.24. The predicted molar refractivity (Wildman–Crippen MR) is 100 cm³/mol. The third-order valence-electron chi connectivity index (χ3n) is 4.77. The highest BCUT2D eigenvalue weighted by Crippen LogP contribution is 2.37. The van der Waals surface area contributed by atoms with Crippen LogP contribution in [0.2, 0.25) is 0 Å². The van der Waals surface area contributed by atoms with Crippen LogP contribution in [0, 0.1) is 0 Å². The molecule has 0 saturated heterocycles. The van der Waals surface area contributed by atoms with E-state index in [0.29, 0.717) is 13.0 Å². The summed E-state index contributed by atoms with van der Waals surface area (Å²) >= 11 is 0. The molecule has 0 fully saturated rings. The van der Waals surface area contributed by atoms with Gasteiger partial charge in [0.25, 0.3) is 0 Å². The molecule has 5 nitrogen and oxygen atoms in total. The maximum atomic E-state index is 12.0. The number of aromatic nitrogens is 2. The van der Waals surface area contributed by atoms with Crippen LogP contribution in [0.4, 0.5) is 5.82 Å². The van der Waals surface area contributed by atoms with Crippen molar-refractivity contribution in [1.29, 1.82) is 0 Å². The Morgan fingerprint density at radius 1 is 1.15 bits per heavy atom. The first-order valence-corrected chi connectivity index (χ1v) is 8.79. The predicted octanol–water partition coefficient (Wildman–Crippen LogP) is 3.52. The van der Waals surface area contributed by atoms with Gasteiger partial charge in [-0.15, -0.1) is 0 Å². The monoisotopic (exact) mass is 347 g/mol. The number of ether oxygens (including phenoxy) is 1. The largest absolute Gasteiger partial charge is 0.493 e. The lowest BCUT2D eigenvalue weighted by atomic mass is 9.87. The van der Waals surface area contributed by atoms with Gasteiger partial charge in [-0.2, -0.15) is 5.10 Å². The summed E-state index contributed by atoms with van der Waals surface area (Å²) in [6.07, 6.45) is 3.15. The van der Waals surface area contributed by atoms with Crippen LogP contribution in [-0.2, 0) is 18.3 Å². The molecule has 1 N–H and O–H groups in total. The van der Waals surface area contributed by atoms with E-state index in [1.807, 2.05) is 55.7 Å². The van der Waals surface area contributed by atoms with Gasteiger partial charge in [0.2, 0.25) is 5.91 Å². The van der Waals surface area contributed by atoms with Crippen molar-refractivity contribution in [2.24, 2.45) is 7.05 Å². The molecule has 5 heteroatoms. The fourth-order valence-electron chi connectivity index (χ4n) is 3.37. The fourth-order valence-corrected chi connectivity index (χ4v) is 3.37. The Morgan fingerprint density at radius 3 is 2.69 bits per heavy atom. The number of nitrogens with one attached hydrogen (secondary N) is 1. The maximum absolute atomic E-state index is 12.0. The zero-order valence-electron chi connectivity index (χ0n) is 14.7. The summed E-state index contributed by atoms with van der Waals surface area (Å²) in [5.41, 5.74) is 3.43. The minimum atomic E-state index is 0.0225. The van der Waals surface area contributed by atoms with Gasteiger partial charge in [0.05, 0.1) is 12.8 Å². The van der Waals surface area contributed by atoms with Crippen molar-refractivity contribution in [3.8, 4) is 5.75 Å². The smallest absolute Gasteiger partial charge is 0.226 e. The van der Waals surface area contributed by atoms with Gasteiger partial charge in [0.15, 0.2) is 0 Å². The van der Waals surface area contributed by atoms with Crippen molar-refractivity contribution in [2.45, 2.75) is 18.8 Å². The van der Waals surface area contributed by atoms with Gasteiger partial charge in [-0.05, 0) is 23.3 Å². The summed E-state index contributed by atoms with van der Waals surface area (Å²) in [6.45, 7) is 0.641. The number of benzene rings is 2. The zero-order valence-corrected chi connectivity index (χ0v) is 14.7. The van der Waals surface area contributed by atoms with Gasteiger partial charge in [0, 0.05) is 31.4 Å². The van der Waals surface area contributed by atoms with Crippen molar-refractivity contribution in [1.82, 2.24) is 9.78 Å². The molecule has 1 amide bonds. The summed E-state index contributed by atoms with van der Waals surface area (Å²) < 4.78 is 7.56. The van der Waals surface area contributed by atoms with Crippen LogP contribution in [0.15, 0.2) is 60.8 Å². The third kappa shape index (κ3) is 3.33. The van der Waals surface area contributed by atoms with Crippen molar-refractivity contribution in [3.63, 3.8) is 0 Å². The van der Waals surface area contributed by atoms with Gasteiger partial charge < -0.3 is 10.1 Å². The van der Waals surface area contributed by atoms with Crippen LogP contribution >= 0.6 is 0 Å². The molecule has 2 aromatic carbocycles. The zero-order chi connectivity index (χ0) is 17.9. The van der Waals surface area contributed by atoms with Crippen LogP contribution in [0.1, 0.15) is 29.0 Å². The van der Waals surface area contributed by atoms with E-state index >= 15 is 0 Å². The number of carbonyl (C=O) groups is 1. The number of aryl methyl sites for hydroxylation is 1. The summed E-state index contributed by atoms with van der Waals surface area (Å²) in [5, 5.41) is 7.17. The number of carbonyl (C=O) groups excluding carboxylic acids is 1. The molecule has 0 aliphatic carbocycles. The van der Waals surface area contributed by atoms with Gasteiger partial charge in [0.1, 0.15) is 11.6 Å². The quantitative estimate of drug-likeness (QED) is 0.768. The topological polar surface area (TPSA) is 56.2 Å². The molecule has 1 aliphatic heterocycles. The molecule has 1 aromatic heterocycles. The molecule has 26 heavy (non-hydrogen) atoms. The number of rotatable bonds is 5. The van der Waals surface area contributed by atoms with Crippen molar-refractivity contribution in [3.05, 3.63) is 77.5 Å². The molecule has 0 spiro atoms. The number of amides is 1. The van der Waals surface area contributed by atoms with E-state index in [0.717, 1.165) is 29.1 Å². The molecule has 0 saturated carbocycles. The Hall–Kier alpha value is -3.08. The first-order valence-electron chi connectivity index (χ1n) is 8.79. The first-order chi connectivity index (χ1) is 12.7. The van der Waals surface area contributed by atoms with Crippen molar-refractivity contribution >= 4 is 11.7 Å². The highest BCUT2D eigenvalue weighted by atomic mass is 16.5. The Kier molecular flexibility index (Phi) is 4.44. The molecular weight excluding hydrogens is 326 g/mol. The molecule has 0 bridgehead atoms. The maximum Gasteiger partial charge on any atom is 0.226 e. The highest BCUT2D eigenvalue weighted by Gasteiger charge is 2.29. The minimum Gasteiger partial charge on any atom is -0.493 e. The van der Waals surface area contributed by atoms with Crippen molar-refractivity contribution < 1.29 is 9.53 Å². The van der Waals surface area contributed by atoms with Gasteiger partial charge in [-0.25, -0.2) is 0 Å². The third-order valence-corrected chi connectivity index (χ3v) is 4.77. The van der Waals surface area contributed by atoms with E-state index in [4.69, 9.17) is 4.74 Å². The number of fused-ring (bicyclic) bond motifs is 1. The molecule has 4 rings (SSSR count). The van der Waals surface area contributed by atoms with E-state index in [9.17, 15) is 4.79 Å². The van der Waals surface area contributed by atoms with E-state index in [1.54, 1.807) is 4.68 Å². The van der Waals surface area contributed by atoms with Crippen LogP contribution in [0.25, 0.3) is 0 Å². The summed E-state index contributed by atoms with van der Waals surface area (Å²) in [5.74, 6) is 1.69. The average Bonchev–Trinajstić information content (AvgIpc) is 3.03. The fraction of sp³-hybridized carbons (Fsp3) is 0.238. The SMILES string of the molecule is Cn1ncc2c1NC(=O)C[C@@H]2c1ccc(OCCc2ccccc2)cc1. The van der Waals surface area contributed by atoms with Crippen LogP contribution in [-0.4, -0.2) is 22.3 Å². The van der Waals surface area contributed by atoms with Gasteiger partial charge >= 0.3 is 0 Å². The Balaban J connectivity index is 1.44. The molecule has 0 unspecified atom stereocenters. The highest BCUT2D eigenvalue weighted by molar-refractivity contribution is 5.94. The Labute approximate surface area is 152 Å². The van der Waals surface area contributed by atoms with E-state index in [1.165, 1.54) is 5.56 Å². The summed E-state index contributed by atoms with van der Waals surface area (Å²) in [4.78, 5) is 12.0. The van der Waals surface area contributed by atoms with E-state index in [2.05, 4.69) is 22.5 Å². The second kappa shape index (κ2) is 7.04. The molecule has 0 radical (unpaired) electrons. The molecule has 1 aliphatic rings. The van der Waals surface area contributed by atoms with Gasteiger partial charge in [-0.3, -0.25) is 9.48 Å². The second-order valence-corrected chi connectivity index (χ2v) is 6.53. The van der Waals surface area contributed by atoms with Crippen LogP contribution in [0.5, 0.6) is 5.75 Å². The Bertz CT molecular complexity index is 901. The van der Waals surface area contributed by atoms with E-state index < -0.39 is 0 Å². The molecule has 132 valence electrons. The first kappa shape index (κ1) is 16.4. The van der Waals surface area contributed by atoms with Crippen LogP contribution in [0.3, 0.4) is 0 Å². The van der Waals surface area contributed by atoms with Crippen LogP contribution < -0.4 is 10.1 Å². The minimum absolute atomic E-state index is 0.0225. The number of hydrogen-bond donors (Lipinski definition) is 1. The average molecular weight is 347 g/mol. The lowest BCUT2D eigenvalue weighted by Gasteiger charge is -2.23. The number of hydrogen-bond acceptors (Lipinski definition) is 3. The lowest BCUT2D eigenvalue weighted by molar-refractivity contribution is -0.116. The Morgan fingerprint density at radius 2 is 1.92 bits per heavy atom. The summed E-state index contributed by atoms with van der Waals surface area (Å²) in [7, 11) is 1.84. The molecule has 1 atom stereocenters. The molecule has 3 aromatic rings. The normalized spacial score (nSPS) is 16.0. The van der Waals surface area contributed by atoms with Crippen molar-refractivity contribution in [2.75, 3.05) is 11.9 Å². The summed E-state index contributed by atoms with van der Waals surface area (Å²) in [6, 6.07) is 18.3.